The smallest absolute Gasteiger partial charge is 0.309 e. The van der Waals surface area contributed by atoms with Crippen LogP contribution in [0.1, 0.15) is 112 Å². The van der Waals surface area contributed by atoms with Gasteiger partial charge in [0.25, 0.3) is 0 Å². The molecule has 0 aliphatic heterocycles. The summed E-state index contributed by atoms with van der Waals surface area (Å²) in [5, 5.41) is 9.34. The van der Waals surface area contributed by atoms with E-state index >= 15 is 0 Å². The molecule has 0 atom stereocenters. The summed E-state index contributed by atoms with van der Waals surface area (Å²) in [7, 11) is 0. The number of aliphatic carboxylic acids is 1. The lowest BCUT2D eigenvalue weighted by atomic mass is 9.87. The number of rotatable bonds is 13. The molecule has 2 fully saturated rings. The highest BCUT2D eigenvalue weighted by atomic mass is 16.4. The van der Waals surface area contributed by atoms with Gasteiger partial charge in [-0.3, -0.25) is 4.79 Å². The van der Waals surface area contributed by atoms with Crippen molar-refractivity contribution >= 4 is 5.97 Å². The molecule has 29 heavy (non-hydrogen) atoms. The molecule has 2 saturated carbocycles. The van der Waals surface area contributed by atoms with Gasteiger partial charge in [0, 0.05) is 0 Å². The van der Waals surface area contributed by atoms with Crippen molar-refractivity contribution in [2.75, 3.05) is 0 Å². The SMILES string of the molecule is Cc1cc(C)c(CCCCCC2(C)CC2)c(CCCCCC2(C(=O)O)CC2)c1C. The molecule has 2 nitrogen and oxygen atoms in total. The Hall–Kier alpha value is -1.31. The van der Waals surface area contributed by atoms with Gasteiger partial charge in [-0.1, -0.05) is 38.7 Å². The second kappa shape index (κ2) is 9.23. The number of carbonyl (C=O) groups is 1. The normalized spacial score (nSPS) is 18.6. The molecule has 0 spiro atoms. The summed E-state index contributed by atoms with van der Waals surface area (Å²) in [6.07, 6.45) is 16.8. The zero-order valence-corrected chi connectivity index (χ0v) is 19.3. The molecular weight excluding hydrogens is 356 g/mol. The van der Waals surface area contributed by atoms with Crippen molar-refractivity contribution < 1.29 is 9.90 Å². The van der Waals surface area contributed by atoms with Crippen molar-refractivity contribution in [2.24, 2.45) is 10.8 Å². The minimum atomic E-state index is -0.569. The van der Waals surface area contributed by atoms with Crippen LogP contribution in [-0.2, 0) is 17.6 Å². The molecule has 0 radical (unpaired) electrons. The van der Waals surface area contributed by atoms with E-state index in [1.807, 2.05) is 0 Å². The van der Waals surface area contributed by atoms with E-state index in [2.05, 4.69) is 33.8 Å². The van der Waals surface area contributed by atoms with Crippen molar-refractivity contribution in [3.8, 4) is 0 Å². The molecule has 0 unspecified atom stereocenters. The van der Waals surface area contributed by atoms with Gasteiger partial charge in [-0.25, -0.2) is 0 Å². The predicted octanol–water partition coefficient (Wildman–Crippen LogP) is 7.48. The van der Waals surface area contributed by atoms with Crippen molar-refractivity contribution in [3.63, 3.8) is 0 Å². The van der Waals surface area contributed by atoms with E-state index in [0.717, 1.165) is 38.5 Å². The first-order chi connectivity index (χ1) is 13.8. The molecule has 1 aromatic rings. The molecule has 2 aliphatic carbocycles. The Morgan fingerprint density at radius 3 is 1.97 bits per heavy atom. The summed E-state index contributed by atoms with van der Waals surface area (Å²) in [4.78, 5) is 11.3. The number of aryl methyl sites for hydroxylation is 2. The quantitative estimate of drug-likeness (QED) is 0.350. The molecule has 2 heteroatoms. The van der Waals surface area contributed by atoms with Gasteiger partial charge in [-0.05, 0) is 118 Å². The van der Waals surface area contributed by atoms with Gasteiger partial charge in [0.05, 0.1) is 5.41 Å². The fourth-order valence-electron chi connectivity index (χ4n) is 5.07. The standard InChI is InChI=1S/C27H42O2/c1-20-19-21(2)23(11-7-5-9-13-26(4)15-16-26)24(22(20)3)12-8-6-10-14-27(17-18-27)25(28)29/h19H,5-18H2,1-4H3,(H,28,29). The minimum absolute atomic E-state index is 0.349. The van der Waals surface area contributed by atoms with Crippen molar-refractivity contribution in [3.05, 3.63) is 33.9 Å². The fraction of sp³-hybridized carbons (Fsp3) is 0.741. The summed E-state index contributed by atoms with van der Waals surface area (Å²) in [6.45, 7) is 9.28. The van der Waals surface area contributed by atoms with Gasteiger partial charge in [-0.2, -0.15) is 0 Å². The maximum absolute atomic E-state index is 11.3. The Bertz CT molecular complexity index is 723. The maximum Gasteiger partial charge on any atom is 0.309 e. The number of carboxylic acid groups (broad SMARTS) is 1. The Labute approximate surface area is 178 Å². The topological polar surface area (TPSA) is 37.3 Å². The molecule has 2 aliphatic rings. The van der Waals surface area contributed by atoms with Gasteiger partial charge in [0.1, 0.15) is 0 Å². The van der Waals surface area contributed by atoms with Crippen LogP contribution in [0.25, 0.3) is 0 Å². The van der Waals surface area contributed by atoms with Gasteiger partial charge >= 0.3 is 5.97 Å². The molecule has 0 bridgehead atoms. The van der Waals surface area contributed by atoms with Crippen molar-refractivity contribution in [2.45, 2.75) is 118 Å². The van der Waals surface area contributed by atoms with Crippen molar-refractivity contribution in [1.29, 1.82) is 0 Å². The van der Waals surface area contributed by atoms with Crippen LogP contribution in [-0.4, -0.2) is 11.1 Å². The van der Waals surface area contributed by atoms with Crippen LogP contribution in [0.2, 0.25) is 0 Å². The highest BCUT2D eigenvalue weighted by Crippen LogP contribution is 2.50. The Kier molecular flexibility index (Phi) is 7.12. The third-order valence-corrected chi connectivity index (χ3v) is 8.02. The second-order valence-electron chi connectivity index (χ2n) is 10.6. The average Bonchev–Trinajstić information content (AvgIpc) is 3.58. The van der Waals surface area contributed by atoms with Crippen LogP contribution in [0.4, 0.5) is 0 Å². The van der Waals surface area contributed by atoms with Crippen LogP contribution in [0, 0.1) is 31.6 Å². The third kappa shape index (κ3) is 5.86. The second-order valence-corrected chi connectivity index (χ2v) is 10.6. The molecule has 0 aromatic heterocycles. The zero-order chi connectivity index (χ0) is 21.1. The number of hydrogen-bond donors (Lipinski definition) is 1. The molecule has 1 aromatic carbocycles. The summed E-state index contributed by atoms with van der Waals surface area (Å²) in [6, 6.07) is 2.38. The number of benzene rings is 1. The molecule has 1 N–H and O–H groups in total. The van der Waals surface area contributed by atoms with Crippen LogP contribution < -0.4 is 0 Å². The Balaban J connectivity index is 1.48. The summed E-state index contributed by atoms with van der Waals surface area (Å²) in [5.74, 6) is -0.569. The van der Waals surface area contributed by atoms with Gasteiger partial charge < -0.3 is 5.11 Å². The first-order valence-electron chi connectivity index (χ1n) is 12.1. The lowest BCUT2D eigenvalue weighted by molar-refractivity contribution is -0.143. The summed E-state index contributed by atoms with van der Waals surface area (Å²) >= 11 is 0. The molecule has 0 amide bonds. The van der Waals surface area contributed by atoms with E-state index in [1.54, 1.807) is 11.1 Å². The minimum Gasteiger partial charge on any atom is -0.481 e. The molecule has 0 heterocycles. The zero-order valence-electron chi connectivity index (χ0n) is 19.3. The fourth-order valence-corrected chi connectivity index (χ4v) is 5.07. The largest absolute Gasteiger partial charge is 0.481 e. The molecular formula is C27H42O2. The van der Waals surface area contributed by atoms with Gasteiger partial charge in [0.2, 0.25) is 0 Å². The van der Waals surface area contributed by atoms with E-state index < -0.39 is 5.97 Å². The third-order valence-electron chi connectivity index (χ3n) is 8.02. The Morgan fingerprint density at radius 1 is 0.828 bits per heavy atom. The molecule has 162 valence electrons. The molecule has 3 rings (SSSR count). The first kappa shape index (κ1) is 22.4. The van der Waals surface area contributed by atoms with Crippen LogP contribution in [0.15, 0.2) is 6.07 Å². The van der Waals surface area contributed by atoms with Gasteiger partial charge in [-0.15, -0.1) is 0 Å². The highest BCUT2D eigenvalue weighted by molar-refractivity contribution is 5.77. The van der Waals surface area contributed by atoms with E-state index in [1.165, 1.54) is 68.1 Å². The lowest BCUT2D eigenvalue weighted by Gasteiger charge is -2.19. The van der Waals surface area contributed by atoms with E-state index in [9.17, 15) is 9.90 Å². The van der Waals surface area contributed by atoms with Crippen LogP contribution in [0.5, 0.6) is 0 Å². The monoisotopic (exact) mass is 398 g/mol. The number of hydrogen-bond acceptors (Lipinski definition) is 1. The van der Waals surface area contributed by atoms with Crippen LogP contribution in [0.3, 0.4) is 0 Å². The lowest BCUT2D eigenvalue weighted by Crippen LogP contribution is -2.14. The first-order valence-corrected chi connectivity index (χ1v) is 12.1. The van der Waals surface area contributed by atoms with Crippen LogP contribution >= 0.6 is 0 Å². The summed E-state index contributed by atoms with van der Waals surface area (Å²) in [5.41, 5.74) is 7.93. The maximum atomic E-state index is 11.3. The summed E-state index contributed by atoms with van der Waals surface area (Å²) < 4.78 is 0. The predicted molar refractivity (Wildman–Crippen MR) is 122 cm³/mol. The molecule has 0 saturated heterocycles. The number of carboxylic acids is 1. The van der Waals surface area contributed by atoms with E-state index in [-0.39, 0.29) is 5.41 Å². The van der Waals surface area contributed by atoms with E-state index in [4.69, 9.17) is 0 Å². The number of unbranched alkanes of at least 4 members (excludes halogenated alkanes) is 4. The van der Waals surface area contributed by atoms with Crippen molar-refractivity contribution in [1.82, 2.24) is 0 Å². The van der Waals surface area contributed by atoms with Gasteiger partial charge in [0.15, 0.2) is 0 Å². The highest BCUT2D eigenvalue weighted by Gasteiger charge is 2.49. The average molecular weight is 399 g/mol. The Morgan fingerprint density at radius 2 is 1.41 bits per heavy atom. The van der Waals surface area contributed by atoms with E-state index in [0.29, 0.717) is 5.41 Å².